The SMILES string of the molecule is CCC(=O)OC1CCC(CC)C1. The van der Waals surface area contributed by atoms with Gasteiger partial charge in [-0.05, 0) is 25.2 Å². The van der Waals surface area contributed by atoms with Gasteiger partial charge < -0.3 is 4.74 Å². The van der Waals surface area contributed by atoms with Gasteiger partial charge in [0.2, 0.25) is 0 Å². The molecule has 2 atom stereocenters. The second kappa shape index (κ2) is 4.48. The van der Waals surface area contributed by atoms with Crippen molar-refractivity contribution < 1.29 is 9.53 Å². The highest BCUT2D eigenvalue weighted by Gasteiger charge is 2.25. The van der Waals surface area contributed by atoms with Gasteiger partial charge in [-0.15, -0.1) is 0 Å². The first-order valence-corrected chi connectivity index (χ1v) is 4.95. The van der Waals surface area contributed by atoms with Gasteiger partial charge in [-0.2, -0.15) is 0 Å². The zero-order chi connectivity index (χ0) is 8.97. The van der Waals surface area contributed by atoms with Crippen molar-refractivity contribution in [3.8, 4) is 0 Å². The molecule has 0 spiro atoms. The molecule has 0 heterocycles. The van der Waals surface area contributed by atoms with Crippen LogP contribution in [0, 0.1) is 5.92 Å². The fourth-order valence-corrected chi connectivity index (χ4v) is 1.78. The van der Waals surface area contributed by atoms with E-state index < -0.39 is 0 Å². The van der Waals surface area contributed by atoms with E-state index in [0.717, 1.165) is 18.8 Å². The highest BCUT2D eigenvalue weighted by atomic mass is 16.5. The van der Waals surface area contributed by atoms with Crippen LogP contribution in [0.1, 0.15) is 46.0 Å². The number of rotatable bonds is 3. The number of carbonyl (C=O) groups is 1. The molecule has 1 rings (SSSR count). The van der Waals surface area contributed by atoms with Gasteiger partial charge in [-0.25, -0.2) is 0 Å². The van der Waals surface area contributed by atoms with Crippen molar-refractivity contribution in [1.29, 1.82) is 0 Å². The summed E-state index contributed by atoms with van der Waals surface area (Å²) in [4.78, 5) is 10.9. The Kier molecular flexibility index (Phi) is 3.57. The molecule has 0 aromatic rings. The fraction of sp³-hybridized carbons (Fsp3) is 0.900. The van der Waals surface area contributed by atoms with Crippen LogP contribution in [-0.2, 0) is 9.53 Å². The Labute approximate surface area is 74.3 Å². The van der Waals surface area contributed by atoms with Gasteiger partial charge >= 0.3 is 5.97 Å². The summed E-state index contributed by atoms with van der Waals surface area (Å²) in [6, 6.07) is 0. The Morgan fingerprint density at radius 2 is 2.17 bits per heavy atom. The third-order valence-electron chi connectivity index (χ3n) is 2.66. The highest BCUT2D eigenvalue weighted by Crippen LogP contribution is 2.29. The van der Waals surface area contributed by atoms with E-state index in [1.54, 1.807) is 0 Å². The van der Waals surface area contributed by atoms with Gasteiger partial charge in [0.1, 0.15) is 6.10 Å². The lowest BCUT2D eigenvalue weighted by Crippen LogP contribution is -2.14. The summed E-state index contributed by atoms with van der Waals surface area (Å²) in [7, 11) is 0. The average molecular weight is 170 g/mol. The van der Waals surface area contributed by atoms with E-state index in [9.17, 15) is 4.79 Å². The summed E-state index contributed by atoms with van der Waals surface area (Å²) in [5.41, 5.74) is 0. The molecule has 0 N–H and O–H groups in total. The minimum absolute atomic E-state index is 0.0447. The van der Waals surface area contributed by atoms with Crippen molar-refractivity contribution in [2.75, 3.05) is 0 Å². The van der Waals surface area contributed by atoms with Crippen molar-refractivity contribution in [1.82, 2.24) is 0 Å². The molecule has 2 unspecified atom stereocenters. The van der Waals surface area contributed by atoms with Crippen LogP contribution in [0.3, 0.4) is 0 Å². The normalized spacial score (nSPS) is 28.8. The topological polar surface area (TPSA) is 26.3 Å². The molecule has 0 bridgehead atoms. The number of hydrogen-bond donors (Lipinski definition) is 0. The first-order chi connectivity index (χ1) is 5.76. The lowest BCUT2D eigenvalue weighted by Gasteiger charge is -2.10. The third kappa shape index (κ3) is 2.50. The molecule has 1 saturated carbocycles. The number of hydrogen-bond acceptors (Lipinski definition) is 2. The van der Waals surface area contributed by atoms with Crippen LogP contribution in [0.5, 0.6) is 0 Å². The molecule has 1 fully saturated rings. The van der Waals surface area contributed by atoms with Crippen molar-refractivity contribution in [2.24, 2.45) is 5.92 Å². The first-order valence-electron chi connectivity index (χ1n) is 4.95. The van der Waals surface area contributed by atoms with E-state index in [4.69, 9.17) is 4.74 Å². The van der Waals surface area contributed by atoms with Crippen LogP contribution in [0.25, 0.3) is 0 Å². The summed E-state index contributed by atoms with van der Waals surface area (Å²) in [5, 5.41) is 0. The molecule has 2 heteroatoms. The average Bonchev–Trinajstić information content (AvgIpc) is 2.52. The van der Waals surface area contributed by atoms with Crippen molar-refractivity contribution in [3.63, 3.8) is 0 Å². The van der Waals surface area contributed by atoms with E-state index in [2.05, 4.69) is 6.92 Å². The van der Waals surface area contributed by atoms with Gasteiger partial charge in [0, 0.05) is 6.42 Å². The van der Waals surface area contributed by atoms with Crippen LogP contribution in [0.2, 0.25) is 0 Å². The van der Waals surface area contributed by atoms with Gasteiger partial charge in [0.05, 0.1) is 0 Å². The minimum atomic E-state index is -0.0447. The standard InChI is InChI=1S/C10H18O2/c1-3-8-5-6-9(7-8)12-10(11)4-2/h8-9H,3-7H2,1-2H3. The summed E-state index contributed by atoms with van der Waals surface area (Å²) >= 11 is 0. The molecule has 0 amide bonds. The zero-order valence-corrected chi connectivity index (χ0v) is 8.01. The van der Waals surface area contributed by atoms with Crippen LogP contribution >= 0.6 is 0 Å². The Hall–Kier alpha value is -0.530. The summed E-state index contributed by atoms with van der Waals surface area (Å²) in [6.07, 6.45) is 5.35. The Morgan fingerprint density at radius 3 is 2.67 bits per heavy atom. The zero-order valence-electron chi connectivity index (χ0n) is 8.01. The highest BCUT2D eigenvalue weighted by molar-refractivity contribution is 5.69. The van der Waals surface area contributed by atoms with E-state index >= 15 is 0 Å². The molecular formula is C10H18O2. The number of esters is 1. The maximum Gasteiger partial charge on any atom is 0.305 e. The van der Waals surface area contributed by atoms with E-state index in [1.807, 2.05) is 6.92 Å². The summed E-state index contributed by atoms with van der Waals surface area (Å²) in [6.45, 7) is 4.04. The monoisotopic (exact) mass is 170 g/mol. The smallest absolute Gasteiger partial charge is 0.305 e. The van der Waals surface area contributed by atoms with Gasteiger partial charge in [-0.3, -0.25) is 4.79 Å². The predicted molar refractivity (Wildman–Crippen MR) is 47.8 cm³/mol. The molecule has 0 aromatic heterocycles. The van der Waals surface area contributed by atoms with E-state index in [-0.39, 0.29) is 12.1 Å². The molecular weight excluding hydrogens is 152 g/mol. The van der Waals surface area contributed by atoms with E-state index in [1.165, 1.54) is 12.8 Å². The van der Waals surface area contributed by atoms with Crippen LogP contribution in [-0.4, -0.2) is 12.1 Å². The summed E-state index contributed by atoms with van der Waals surface area (Å²) in [5.74, 6) is 0.747. The maximum atomic E-state index is 10.9. The molecule has 0 saturated heterocycles. The maximum absolute atomic E-state index is 10.9. The van der Waals surface area contributed by atoms with Gasteiger partial charge in [0.15, 0.2) is 0 Å². The second-order valence-electron chi connectivity index (χ2n) is 3.55. The van der Waals surface area contributed by atoms with Crippen molar-refractivity contribution in [2.45, 2.75) is 52.1 Å². The number of ether oxygens (including phenoxy) is 1. The minimum Gasteiger partial charge on any atom is -0.462 e. The van der Waals surface area contributed by atoms with Crippen molar-refractivity contribution in [3.05, 3.63) is 0 Å². The van der Waals surface area contributed by atoms with Crippen LogP contribution in [0.15, 0.2) is 0 Å². The molecule has 12 heavy (non-hydrogen) atoms. The predicted octanol–water partition coefficient (Wildman–Crippen LogP) is 2.52. The second-order valence-corrected chi connectivity index (χ2v) is 3.55. The van der Waals surface area contributed by atoms with Gasteiger partial charge in [0.25, 0.3) is 0 Å². The Morgan fingerprint density at radius 1 is 1.42 bits per heavy atom. The summed E-state index contributed by atoms with van der Waals surface area (Å²) < 4.78 is 5.25. The number of carbonyl (C=O) groups excluding carboxylic acids is 1. The fourth-order valence-electron chi connectivity index (χ4n) is 1.78. The largest absolute Gasteiger partial charge is 0.462 e. The molecule has 2 nitrogen and oxygen atoms in total. The van der Waals surface area contributed by atoms with Gasteiger partial charge in [-0.1, -0.05) is 20.3 Å². The first kappa shape index (κ1) is 9.56. The van der Waals surface area contributed by atoms with Crippen molar-refractivity contribution >= 4 is 5.97 Å². The molecule has 0 aliphatic heterocycles. The molecule has 1 aliphatic rings. The van der Waals surface area contributed by atoms with E-state index in [0.29, 0.717) is 6.42 Å². The lowest BCUT2D eigenvalue weighted by atomic mass is 10.1. The molecule has 0 aromatic carbocycles. The quantitative estimate of drug-likeness (QED) is 0.608. The Bertz CT molecular complexity index is 154. The van der Waals surface area contributed by atoms with Crippen LogP contribution < -0.4 is 0 Å². The molecule has 70 valence electrons. The third-order valence-corrected chi connectivity index (χ3v) is 2.66. The lowest BCUT2D eigenvalue weighted by molar-refractivity contribution is -0.148. The molecule has 0 radical (unpaired) electrons. The van der Waals surface area contributed by atoms with Crippen LogP contribution in [0.4, 0.5) is 0 Å². The Balaban J connectivity index is 2.23. The molecule has 1 aliphatic carbocycles.